The standard InChI is InChI=1S/C15H15N3O/c1-11-12(2)17-18(15(19)14(11)10-16)9-8-13-6-4-3-5-7-13/h3-7H,8-9H2,1-2H3. The summed E-state index contributed by atoms with van der Waals surface area (Å²) in [4.78, 5) is 12.1. The van der Waals surface area contributed by atoms with Crippen molar-refractivity contribution >= 4 is 0 Å². The Labute approximate surface area is 111 Å². The maximum absolute atomic E-state index is 12.1. The van der Waals surface area contributed by atoms with Gasteiger partial charge in [0.1, 0.15) is 11.6 Å². The van der Waals surface area contributed by atoms with Crippen LogP contribution >= 0.6 is 0 Å². The molecular weight excluding hydrogens is 238 g/mol. The maximum Gasteiger partial charge on any atom is 0.284 e. The molecule has 0 spiro atoms. The molecule has 4 heteroatoms. The van der Waals surface area contributed by atoms with E-state index in [-0.39, 0.29) is 11.1 Å². The van der Waals surface area contributed by atoms with Crippen LogP contribution in [0, 0.1) is 25.2 Å². The van der Waals surface area contributed by atoms with Crippen LogP contribution in [0.2, 0.25) is 0 Å². The molecule has 2 rings (SSSR count). The molecule has 96 valence electrons. The van der Waals surface area contributed by atoms with Gasteiger partial charge in [0.25, 0.3) is 5.56 Å². The van der Waals surface area contributed by atoms with E-state index in [0.29, 0.717) is 12.1 Å². The SMILES string of the molecule is Cc1nn(CCc2ccccc2)c(=O)c(C#N)c1C. The second kappa shape index (κ2) is 5.49. The van der Waals surface area contributed by atoms with Gasteiger partial charge in [0.05, 0.1) is 5.69 Å². The van der Waals surface area contributed by atoms with Crippen molar-refractivity contribution in [3.8, 4) is 6.07 Å². The molecule has 1 aromatic carbocycles. The Morgan fingerprint density at radius 1 is 1.26 bits per heavy atom. The summed E-state index contributed by atoms with van der Waals surface area (Å²) in [5.41, 5.74) is 2.43. The lowest BCUT2D eigenvalue weighted by Crippen LogP contribution is -2.28. The third kappa shape index (κ3) is 2.71. The van der Waals surface area contributed by atoms with Gasteiger partial charge in [-0.3, -0.25) is 4.79 Å². The van der Waals surface area contributed by atoms with Crippen LogP contribution in [0.15, 0.2) is 35.1 Å². The van der Waals surface area contributed by atoms with E-state index in [4.69, 9.17) is 5.26 Å². The molecule has 0 aliphatic rings. The number of rotatable bonds is 3. The summed E-state index contributed by atoms with van der Waals surface area (Å²) in [6, 6.07) is 11.9. The van der Waals surface area contributed by atoms with Crippen molar-refractivity contribution in [2.75, 3.05) is 0 Å². The highest BCUT2D eigenvalue weighted by molar-refractivity contribution is 5.36. The van der Waals surface area contributed by atoms with E-state index in [9.17, 15) is 4.79 Å². The van der Waals surface area contributed by atoms with Crippen LogP contribution in [0.25, 0.3) is 0 Å². The molecule has 0 bridgehead atoms. The first-order chi connectivity index (χ1) is 9.13. The minimum absolute atomic E-state index is 0.195. The van der Waals surface area contributed by atoms with Crippen LogP contribution in [0.5, 0.6) is 0 Å². The number of hydrogen-bond acceptors (Lipinski definition) is 3. The lowest BCUT2D eigenvalue weighted by Gasteiger charge is -2.08. The predicted molar refractivity (Wildman–Crippen MR) is 72.8 cm³/mol. The van der Waals surface area contributed by atoms with Gasteiger partial charge in [-0.2, -0.15) is 10.4 Å². The van der Waals surface area contributed by atoms with Gasteiger partial charge in [0.15, 0.2) is 0 Å². The zero-order chi connectivity index (χ0) is 13.8. The molecule has 19 heavy (non-hydrogen) atoms. The fourth-order valence-electron chi connectivity index (χ4n) is 1.93. The zero-order valence-electron chi connectivity index (χ0n) is 11.1. The molecule has 0 unspecified atom stereocenters. The molecule has 0 saturated heterocycles. The average molecular weight is 253 g/mol. The molecule has 0 fully saturated rings. The molecule has 4 nitrogen and oxygen atoms in total. The minimum atomic E-state index is -0.304. The molecule has 0 aliphatic heterocycles. The summed E-state index contributed by atoms with van der Waals surface area (Å²) in [6.07, 6.45) is 0.723. The first kappa shape index (κ1) is 13.0. The van der Waals surface area contributed by atoms with Gasteiger partial charge in [-0.15, -0.1) is 0 Å². The maximum atomic E-state index is 12.1. The van der Waals surface area contributed by atoms with E-state index in [0.717, 1.165) is 17.7 Å². The molecular formula is C15H15N3O. The van der Waals surface area contributed by atoms with Crippen LogP contribution < -0.4 is 5.56 Å². The molecule has 0 saturated carbocycles. The van der Waals surface area contributed by atoms with E-state index >= 15 is 0 Å². The number of hydrogen-bond donors (Lipinski definition) is 0. The normalized spacial score (nSPS) is 10.2. The Kier molecular flexibility index (Phi) is 3.76. The van der Waals surface area contributed by atoms with Crippen LogP contribution in [0.3, 0.4) is 0 Å². The number of aromatic nitrogens is 2. The largest absolute Gasteiger partial charge is 0.284 e. The van der Waals surface area contributed by atoms with Crippen molar-refractivity contribution in [3.05, 3.63) is 63.1 Å². The minimum Gasteiger partial charge on any atom is -0.266 e. The summed E-state index contributed by atoms with van der Waals surface area (Å²) < 4.78 is 1.38. The van der Waals surface area contributed by atoms with Gasteiger partial charge in [0, 0.05) is 6.54 Å². The average Bonchev–Trinajstić information content (AvgIpc) is 2.43. The monoisotopic (exact) mass is 253 g/mol. The van der Waals surface area contributed by atoms with E-state index in [1.165, 1.54) is 4.68 Å². The van der Waals surface area contributed by atoms with Crippen LogP contribution in [-0.2, 0) is 13.0 Å². The highest BCUT2D eigenvalue weighted by atomic mass is 16.1. The smallest absolute Gasteiger partial charge is 0.266 e. The number of aryl methyl sites for hydroxylation is 3. The Balaban J connectivity index is 2.30. The fraction of sp³-hybridized carbons (Fsp3) is 0.267. The van der Waals surface area contributed by atoms with Crippen molar-refractivity contribution in [3.63, 3.8) is 0 Å². The predicted octanol–water partition coefficient (Wildman–Crippen LogP) is 1.97. The fourth-order valence-corrected chi connectivity index (χ4v) is 1.93. The molecule has 0 N–H and O–H groups in total. The summed E-state index contributed by atoms with van der Waals surface area (Å²) in [5.74, 6) is 0. The Bertz CT molecular complexity index is 681. The van der Waals surface area contributed by atoms with Gasteiger partial charge in [0.2, 0.25) is 0 Å². The summed E-state index contributed by atoms with van der Waals surface area (Å²) in [5, 5.41) is 13.3. The van der Waals surface area contributed by atoms with Crippen molar-refractivity contribution < 1.29 is 0 Å². The van der Waals surface area contributed by atoms with E-state index in [1.54, 1.807) is 6.92 Å². The van der Waals surface area contributed by atoms with E-state index in [2.05, 4.69) is 5.10 Å². The van der Waals surface area contributed by atoms with Crippen molar-refractivity contribution in [2.45, 2.75) is 26.8 Å². The first-order valence-corrected chi connectivity index (χ1v) is 6.16. The Morgan fingerprint density at radius 2 is 1.95 bits per heavy atom. The number of nitriles is 1. The topological polar surface area (TPSA) is 58.7 Å². The molecule has 2 aromatic rings. The number of nitrogens with zero attached hydrogens (tertiary/aromatic N) is 3. The van der Waals surface area contributed by atoms with Crippen molar-refractivity contribution in [2.24, 2.45) is 0 Å². The van der Waals surface area contributed by atoms with Gasteiger partial charge in [-0.25, -0.2) is 4.68 Å². The molecule has 0 radical (unpaired) electrons. The third-order valence-corrected chi connectivity index (χ3v) is 3.20. The zero-order valence-corrected chi connectivity index (χ0v) is 11.1. The first-order valence-electron chi connectivity index (χ1n) is 6.16. The van der Waals surface area contributed by atoms with Crippen molar-refractivity contribution in [1.82, 2.24) is 9.78 Å². The summed E-state index contributed by atoms with van der Waals surface area (Å²) in [7, 11) is 0. The lowest BCUT2D eigenvalue weighted by atomic mass is 10.1. The third-order valence-electron chi connectivity index (χ3n) is 3.20. The second-order valence-electron chi connectivity index (χ2n) is 4.46. The van der Waals surface area contributed by atoms with Crippen LogP contribution in [0.1, 0.15) is 22.4 Å². The molecule has 1 heterocycles. The van der Waals surface area contributed by atoms with Crippen molar-refractivity contribution in [1.29, 1.82) is 5.26 Å². The van der Waals surface area contributed by atoms with Gasteiger partial charge >= 0.3 is 0 Å². The van der Waals surface area contributed by atoms with Crippen LogP contribution in [0.4, 0.5) is 0 Å². The molecule has 0 amide bonds. The molecule has 1 aromatic heterocycles. The van der Waals surface area contributed by atoms with E-state index < -0.39 is 0 Å². The lowest BCUT2D eigenvalue weighted by molar-refractivity contribution is 0.566. The Hall–Kier alpha value is -2.41. The second-order valence-corrected chi connectivity index (χ2v) is 4.46. The number of benzene rings is 1. The van der Waals surface area contributed by atoms with Gasteiger partial charge < -0.3 is 0 Å². The Morgan fingerprint density at radius 3 is 2.58 bits per heavy atom. The van der Waals surface area contributed by atoms with Gasteiger partial charge in [-0.05, 0) is 31.4 Å². The molecule has 0 aliphatic carbocycles. The molecule has 0 atom stereocenters. The van der Waals surface area contributed by atoms with Crippen LogP contribution in [-0.4, -0.2) is 9.78 Å². The highest BCUT2D eigenvalue weighted by Crippen LogP contribution is 2.06. The highest BCUT2D eigenvalue weighted by Gasteiger charge is 2.11. The quantitative estimate of drug-likeness (QED) is 0.840. The summed E-state index contributed by atoms with van der Waals surface area (Å²) in [6.45, 7) is 4.05. The van der Waals surface area contributed by atoms with E-state index in [1.807, 2.05) is 43.3 Å². The summed E-state index contributed by atoms with van der Waals surface area (Å²) >= 11 is 0. The van der Waals surface area contributed by atoms with Gasteiger partial charge in [-0.1, -0.05) is 30.3 Å².